The normalized spacial score (nSPS) is 23.0. The van der Waals surface area contributed by atoms with Gasteiger partial charge in [-0.1, -0.05) is 19.8 Å². The van der Waals surface area contributed by atoms with E-state index < -0.39 is 6.10 Å². The minimum absolute atomic E-state index is 0.113. The van der Waals surface area contributed by atoms with E-state index in [1.807, 2.05) is 6.92 Å². The number of nitrogens with one attached hydrogen (secondary N) is 1. The summed E-state index contributed by atoms with van der Waals surface area (Å²) in [6.45, 7) is 2.79. The van der Waals surface area contributed by atoms with Crippen LogP contribution in [0.4, 0.5) is 11.6 Å². The Hall–Kier alpha value is -1.74. The Morgan fingerprint density at radius 3 is 2.89 bits per heavy atom. The molecule has 19 heavy (non-hydrogen) atoms. The number of aromatic nitrogens is 2. The first-order valence-corrected chi connectivity index (χ1v) is 6.89. The van der Waals surface area contributed by atoms with E-state index in [1.165, 1.54) is 0 Å². The molecule has 104 valence electrons. The molecule has 1 aromatic rings. The lowest BCUT2D eigenvalue weighted by Gasteiger charge is -2.28. The quantitative estimate of drug-likeness (QED) is 0.766. The number of anilines is 2. The fourth-order valence-corrected chi connectivity index (χ4v) is 2.55. The van der Waals surface area contributed by atoms with Crippen molar-refractivity contribution in [2.75, 3.05) is 17.6 Å². The van der Waals surface area contributed by atoms with E-state index >= 15 is 0 Å². The van der Waals surface area contributed by atoms with E-state index in [0.717, 1.165) is 38.6 Å². The fraction of sp³-hybridized carbons (Fsp3) is 0.692. The predicted octanol–water partition coefficient (Wildman–Crippen LogP) is 1.63. The molecule has 0 aromatic carbocycles. The number of nitrogens with two attached hydrogens (primary N) is 1. The Morgan fingerprint density at radius 2 is 2.26 bits per heavy atom. The maximum Gasteiger partial charge on any atom is 0.168 e. The molecule has 4 N–H and O–H groups in total. The molecular formula is C13H21N5O. The smallest absolute Gasteiger partial charge is 0.168 e. The predicted molar refractivity (Wildman–Crippen MR) is 73.6 cm³/mol. The van der Waals surface area contributed by atoms with E-state index in [4.69, 9.17) is 5.73 Å². The van der Waals surface area contributed by atoms with Gasteiger partial charge in [0, 0.05) is 6.54 Å². The van der Waals surface area contributed by atoms with Crippen LogP contribution in [0.3, 0.4) is 0 Å². The van der Waals surface area contributed by atoms with Crippen LogP contribution in [-0.4, -0.2) is 27.5 Å². The lowest BCUT2D eigenvalue weighted by atomic mass is 9.93. The van der Waals surface area contributed by atoms with E-state index in [0.29, 0.717) is 17.2 Å². The second-order valence-corrected chi connectivity index (χ2v) is 5.01. The van der Waals surface area contributed by atoms with Crippen LogP contribution in [0.1, 0.15) is 50.6 Å². The van der Waals surface area contributed by atoms with Crippen LogP contribution >= 0.6 is 0 Å². The van der Waals surface area contributed by atoms with Crippen molar-refractivity contribution in [1.29, 1.82) is 5.26 Å². The lowest BCUT2D eigenvalue weighted by molar-refractivity contribution is 0.0707. The van der Waals surface area contributed by atoms with Gasteiger partial charge in [0.1, 0.15) is 17.5 Å². The monoisotopic (exact) mass is 263 g/mol. The van der Waals surface area contributed by atoms with Crippen molar-refractivity contribution >= 4 is 11.6 Å². The Balaban J connectivity index is 2.30. The summed E-state index contributed by atoms with van der Waals surface area (Å²) in [5.41, 5.74) is 6.39. The summed E-state index contributed by atoms with van der Waals surface area (Å²) in [6.07, 6.45) is 4.23. The number of aliphatic hydroxyl groups is 1. The molecule has 1 saturated carbocycles. The molecule has 1 aliphatic carbocycles. The van der Waals surface area contributed by atoms with Crippen molar-refractivity contribution < 1.29 is 5.11 Å². The Labute approximate surface area is 113 Å². The standard InChI is InChI=1S/C13H21N5O/c1-2-7-16-13-9(8-14)12(15)18(17-13)10-5-3-4-6-11(10)19/h10-11,19H,2-7,15H2,1H3,(H,16,17). The summed E-state index contributed by atoms with van der Waals surface area (Å²) < 4.78 is 1.63. The molecule has 0 spiro atoms. The van der Waals surface area contributed by atoms with Crippen molar-refractivity contribution in [3.05, 3.63) is 5.56 Å². The van der Waals surface area contributed by atoms with Crippen LogP contribution in [0.15, 0.2) is 0 Å². The number of nitrogens with zero attached hydrogens (tertiary/aromatic N) is 3. The van der Waals surface area contributed by atoms with Gasteiger partial charge in [-0.05, 0) is 19.3 Å². The van der Waals surface area contributed by atoms with Gasteiger partial charge in [-0.15, -0.1) is 0 Å². The first-order chi connectivity index (χ1) is 9.19. The van der Waals surface area contributed by atoms with Crippen molar-refractivity contribution in [3.63, 3.8) is 0 Å². The van der Waals surface area contributed by atoms with Gasteiger partial charge in [0.25, 0.3) is 0 Å². The van der Waals surface area contributed by atoms with Gasteiger partial charge in [0.2, 0.25) is 0 Å². The topological polar surface area (TPSA) is 99.9 Å². The van der Waals surface area contributed by atoms with Gasteiger partial charge in [-0.25, -0.2) is 4.68 Å². The van der Waals surface area contributed by atoms with E-state index in [9.17, 15) is 10.4 Å². The largest absolute Gasteiger partial charge is 0.391 e. The molecule has 6 nitrogen and oxygen atoms in total. The molecule has 0 amide bonds. The average molecular weight is 263 g/mol. The Morgan fingerprint density at radius 1 is 1.53 bits per heavy atom. The Kier molecular flexibility index (Phi) is 4.27. The summed E-state index contributed by atoms with van der Waals surface area (Å²) in [5, 5.41) is 26.8. The molecule has 1 heterocycles. The van der Waals surface area contributed by atoms with Crippen molar-refractivity contribution in [3.8, 4) is 6.07 Å². The SMILES string of the molecule is CCCNc1nn(C2CCCCC2O)c(N)c1C#N. The summed E-state index contributed by atoms with van der Waals surface area (Å²) in [6, 6.07) is 1.98. The zero-order valence-corrected chi connectivity index (χ0v) is 11.3. The van der Waals surface area contributed by atoms with Gasteiger partial charge in [0.15, 0.2) is 5.82 Å². The van der Waals surface area contributed by atoms with Gasteiger partial charge < -0.3 is 16.2 Å². The Bertz CT molecular complexity index is 476. The second kappa shape index (κ2) is 5.93. The first kappa shape index (κ1) is 13.7. The van der Waals surface area contributed by atoms with Gasteiger partial charge in [-0.2, -0.15) is 10.4 Å². The molecule has 0 saturated heterocycles. The van der Waals surface area contributed by atoms with E-state index in [-0.39, 0.29) is 6.04 Å². The molecule has 2 rings (SSSR count). The summed E-state index contributed by atoms with van der Waals surface area (Å²) in [4.78, 5) is 0. The van der Waals surface area contributed by atoms with E-state index in [2.05, 4.69) is 16.5 Å². The van der Waals surface area contributed by atoms with Crippen LogP contribution in [-0.2, 0) is 0 Å². The molecule has 1 aliphatic rings. The van der Waals surface area contributed by atoms with Crippen LogP contribution in [0, 0.1) is 11.3 Å². The molecular weight excluding hydrogens is 242 g/mol. The number of hydrogen-bond acceptors (Lipinski definition) is 5. The summed E-state index contributed by atoms with van der Waals surface area (Å²) in [7, 11) is 0. The number of rotatable bonds is 4. The summed E-state index contributed by atoms with van der Waals surface area (Å²) in [5.74, 6) is 0.881. The molecule has 0 bridgehead atoms. The van der Waals surface area contributed by atoms with Crippen LogP contribution < -0.4 is 11.1 Å². The number of hydrogen-bond donors (Lipinski definition) is 3. The molecule has 1 aromatic heterocycles. The van der Waals surface area contributed by atoms with Gasteiger partial charge >= 0.3 is 0 Å². The molecule has 0 aliphatic heterocycles. The fourth-order valence-electron chi connectivity index (χ4n) is 2.55. The third-order valence-electron chi connectivity index (χ3n) is 3.61. The highest BCUT2D eigenvalue weighted by Gasteiger charge is 2.29. The molecule has 0 radical (unpaired) electrons. The summed E-state index contributed by atoms with van der Waals surface area (Å²) >= 11 is 0. The van der Waals surface area contributed by atoms with Gasteiger partial charge in [0.05, 0.1) is 12.1 Å². The maximum atomic E-state index is 10.1. The molecule has 6 heteroatoms. The number of aliphatic hydroxyl groups excluding tert-OH is 1. The third kappa shape index (κ3) is 2.66. The highest BCUT2D eigenvalue weighted by molar-refractivity contribution is 5.63. The third-order valence-corrected chi connectivity index (χ3v) is 3.61. The highest BCUT2D eigenvalue weighted by Crippen LogP contribution is 2.33. The number of nitrogen functional groups attached to an aromatic ring is 1. The van der Waals surface area contributed by atoms with Crippen LogP contribution in [0.2, 0.25) is 0 Å². The van der Waals surface area contributed by atoms with Crippen LogP contribution in [0.5, 0.6) is 0 Å². The van der Waals surface area contributed by atoms with Crippen molar-refractivity contribution in [1.82, 2.24) is 9.78 Å². The van der Waals surface area contributed by atoms with Crippen molar-refractivity contribution in [2.45, 2.75) is 51.2 Å². The van der Waals surface area contributed by atoms with Gasteiger partial charge in [-0.3, -0.25) is 0 Å². The minimum Gasteiger partial charge on any atom is -0.391 e. The minimum atomic E-state index is -0.429. The maximum absolute atomic E-state index is 10.1. The molecule has 1 fully saturated rings. The van der Waals surface area contributed by atoms with Crippen LogP contribution in [0.25, 0.3) is 0 Å². The zero-order valence-electron chi connectivity index (χ0n) is 11.3. The zero-order chi connectivity index (χ0) is 13.8. The molecule has 2 atom stereocenters. The lowest BCUT2D eigenvalue weighted by Crippen LogP contribution is -2.29. The number of nitriles is 1. The first-order valence-electron chi connectivity index (χ1n) is 6.89. The van der Waals surface area contributed by atoms with E-state index in [1.54, 1.807) is 4.68 Å². The van der Waals surface area contributed by atoms with Crippen molar-refractivity contribution in [2.24, 2.45) is 0 Å². The molecule has 2 unspecified atom stereocenters. The second-order valence-electron chi connectivity index (χ2n) is 5.01. The average Bonchev–Trinajstić information content (AvgIpc) is 2.73. The highest BCUT2D eigenvalue weighted by atomic mass is 16.3.